The van der Waals surface area contributed by atoms with Crippen LogP contribution in [0.2, 0.25) is 0 Å². The van der Waals surface area contributed by atoms with Crippen LogP contribution in [0.5, 0.6) is 0 Å². The Morgan fingerprint density at radius 3 is 2.71 bits per heavy atom. The van der Waals surface area contributed by atoms with Crippen molar-refractivity contribution in [2.75, 3.05) is 6.54 Å². The van der Waals surface area contributed by atoms with Gasteiger partial charge in [0.15, 0.2) is 0 Å². The SMILES string of the molecule is CCC(CCNC(=O)NC1CC2CCC1O2)CCC(=O)O. The maximum absolute atomic E-state index is 11.8. The van der Waals surface area contributed by atoms with E-state index < -0.39 is 5.97 Å². The fraction of sp³-hybridized carbons (Fsp3) is 0.867. The van der Waals surface area contributed by atoms with E-state index in [1.165, 1.54) is 0 Å². The normalized spacial score (nSPS) is 28.3. The van der Waals surface area contributed by atoms with Crippen molar-refractivity contribution in [1.29, 1.82) is 0 Å². The molecule has 0 radical (unpaired) electrons. The first-order valence-corrected chi connectivity index (χ1v) is 8.00. The van der Waals surface area contributed by atoms with Crippen LogP contribution >= 0.6 is 0 Å². The van der Waals surface area contributed by atoms with E-state index in [4.69, 9.17) is 9.84 Å². The van der Waals surface area contributed by atoms with Gasteiger partial charge in [0, 0.05) is 13.0 Å². The van der Waals surface area contributed by atoms with Gasteiger partial charge in [0.05, 0.1) is 18.2 Å². The van der Waals surface area contributed by atoms with Crippen molar-refractivity contribution in [3.63, 3.8) is 0 Å². The minimum atomic E-state index is -0.754. The second kappa shape index (κ2) is 7.64. The van der Waals surface area contributed by atoms with E-state index in [1.807, 2.05) is 0 Å². The van der Waals surface area contributed by atoms with Gasteiger partial charge in [-0.3, -0.25) is 4.79 Å². The Kier molecular flexibility index (Phi) is 5.85. The molecule has 2 saturated heterocycles. The molecule has 2 bridgehead atoms. The molecule has 0 aromatic heterocycles. The number of carbonyl (C=O) groups is 2. The highest BCUT2D eigenvalue weighted by Gasteiger charge is 2.41. The molecule has 0 spiro atoms. The van der Waals surface area contributed by atoms with Crippen LogP contribution in [0.3, 0.4) is 0 Å². The van der Waals surface area contributed by atoms with E-state index in [0.29, 0.717) is 25.0 Å². The molecule has 2 rings (SSSR count). The summed E-state index contributed by atoms with van der Waals surface area (Å²) in [6.45, 7) is 2.64. The number of fused-ring (bicyclic) bond motifs is 2. The Balaban J connectivity index is 1.59. The molecular weight excluding hydrogens is 272 g/mol. The maximum Gasteiger partial charge on any atom is 0.315 e. The van der Waals surface area contributed by atoms with Gasteiger partial charge in [-0.25, -0.2) is 4.79 Å². The second-order valence-corrected chi connectivity index (χ2v) is 6.11. The van der Waals surface area contributed by atoms with Gasteiger partial charge in [-0.1, -0.05) is 13.3 Å². The van der Waals surface area contributed by atoms with Gasteiger partial charge in [0.25, 0.3) is 0 Å². The minimum Gasteiger partial charge on any atom is -0.481 e. The Morgan fingerprint density at radius 2 is 2.14 bits per heavy atom. The number of carboxylic acids is 1. The first-order valence-electron chi connectivity index (χ1n) is 8.00. The predicted molar refractivity (Wildman–Crippen MR) is 78.1 cm³/mol. The number of hydrogen-bond donors (Lipinski definition) is 3. The Morgan fingerprint density at radius 1 is 1.33 bits per heavy atom. The number of nitrogens with one attached hydrogen (secondary N) is 2. The molecule has 2 amide bonds. The lowest BCUT2D eigenvalue weighted by Crippen LogP contribution is -2.46. The Hall–Kier alpha value is -1.30. The molecule has 2 aliphatic rings. The molecule has 4 atom stereocenters. The van der Waals surface area contributed by atoms with Crippen molar-refractivity contribution in [1.82, 2.24) is 10.6 Å². The third-order valence-corrected chi connectivity index (χ3v) is 4.60. The molecular formula is C15H26N2O4. The summed E-state index contributed by atoms with van der Waals surface area (Å²) in [4.78, 5) is 22.4. The molecule has 3 N–H and O–H groups in total. The van der Waals surface area contributed by atoms with E-state index in [9.17, 15) is 9.59 Å². The van der Waals surface area contributed by atoms with E-state index in [2.05, 4.69) is 17.6 Å². The number of hydrogen-bond acceptors (Lipinski definition) is 3. The standard InChI is InChI=1S/C15H26N2O4/c1-2-10(3-6-14(18)19)7-8-16-15(20)17-12-9-11-4-5-13(12)21-11/h10-13H,2-9H2,1H3,(H,18,19)(H2,16,17,20). The van der Waals surface area contributed by atoms with E-state index >= 15 is 0 Å². The van der Waals surface area contributed by atoms with Crippen LogP contribution in [0.25, 0.3) is 0 Å². The molecule has 2 fully saturated rings. The van der Waals surface area contributed by atoms with Crippen LogP contribution in [0, 0.1) is 5.92 Å². The lowest BCUT2D eigenvalue weighted by atomic mass is 9.95. The second-order valence-electron chi connectivity index (χ2n) is 6.11. The predicted octanol–water partition coefficient (Wildman–Crippen LogP) is 1.89. The van der Waals surface area contributed by atoms with Crippen LogP contribution < -0.4 is 10.6 Å². The van der Waals surface area contributed by atoms with Gasteiger partial charge in [-0.15, -0.1) is 0 Å². The van der Waals surface area contributed by atoms with Crippen LogP contribution in [0.4, 0.5) is 4.79 Å². The number of ether oxygens (including phenoxy) is 1. The first kappa shape index (κ1) is 16.1. The molecule has 120 valence electrons. The lowest BCUT2D eigenvalue weighted by Gasteiger charge is -2.21. The fourth-order valence-electron chi connectivity index (χ4n) is 3.28. The van der Waals surface area contributed by atoms with E-state index in [1.54, 1.807) is 0 Å². The van der Waals surface area contributed by atoms with Crippen molar-refractivity contribution in [3.8, 4) is 0 Å². The average Bonchev–Trinajstić information content (AvgIpc) is 3.04. The average molecular weight is 298 g/mol. The molecule has 0 aromatic rings. The van der Waals surface area contributed by atoms with Crippen molar-refractivity contribution in [3.05, 3.63) is 0 Å². The van der Waals surface area contributed by atoms with Crippen LogP contribution in [-0.4, -0.2) is 41.9 Å². The summed E-state index contributed by atoms with van der Waals surface area (Å²) in [5.74, 6) is -0.400. The number of urea groups is 1. The largest absolute Gasteiger partial charge is 0.481 e. The molecule has 2 heterocycles. The van der Waals surface area contributed by atoms with Gasteiger partial charge in [-0.05, 0) is 38.0 Å². The summed E-state index contributed by atoms with van der Waals surface area (Å²) in [6, 6.07) is 0.0157. The Labute approximate surface area is 125 Å². The van der Waals surface area contributed by atoms with Gasteiger partial charge < -0.3 is 20.5 Å². The highest BCUT2D eigenvalue weighted by atomic mass is 16.5. The molecule has 21 heavy (non-hydrogen) atoms. The zero-order chi connectivity index (χ0) is 15.2. The van der Waals surface area contributed by atoms with Crippen LogP contribution in [-0.2, 0) is 9.53 Å². The summed E-state index contributed by atoms with van der Waals surface area (Å²) in [5.41, 5.74) is 0. The zero-order valence-electron chi connectivity index (χ0n) is 12.6. The zero-order valence-corrected chi connectivity index (χ0v) is 12.6. The summed E-state index contributed by atoms with van der Waals surface area (Å²) >= 11 is 0. The van der Waals surface area contributed by atoms with E-state index in [0.717, 1.165) is 32.1 Å². The molecule has 4 unspecified atom stereocenters. The highest BCUT2D eigenvalue weighted by Crippen LogP contribution is 2.34. The van der Waals surface area contributed by atoms with Crippen LogP contribution in [0.15, 0.2) is 0 Å². The third kappa shape index (κ3) is 4.88. The first-order chi connectivity index (χ1) is 10.1. The Bertz CT molecular complexity index is 375. The summed E-state index contributed by atoms with van der Waals surface area (Å²) in [7, 11) is 0. The van der Waals surface area contributed by atoms with Gasteiger partial charge in [-0.2, -0.15) is 0 Å². The summed E-state index contributed by atoms with van der Waals surface area (Å²) < 4.78 is 5.70. The number of rotatable bonds is 8. The van der Waals surface area contributed by atoms with Crippen molar-refractivity contribution < 1.29 is 19.4 Å². The van der Waals surface area contributed by atoms with Crippen molar-refractivity contribution in [2.45, 2.75) is 70.1 Å². The van der Waals surface area contributed by atoms with Crippen LogP contribution in [0.1, 0.15) is 51.9 Å². The summed E-state index contributed by atoms with van der Waals surface area (Å²) in [5, 5.41) is 14.5. The smallest absolute Gasteiger partial charge is 0.315 e. The number of amides is 2. The number of carbonyl (C=O) groups excluding carboxylic acids is 1. The van der Waals surface area contributed by atoms with Crippen molar-refractivity contribution in [2.24, 2.45) is 5.92 Å². The minimum absolute atomic E-state index is 0.135. The lowest BCUT2D eigenvalue weighted by molar-refractivity contribution is -0.137. The molecule has 6 nitrogen and oxygen atoms in total. The molecule has 0 aliphatic carbocycles. The molecule has 0 saturated carbocycles. The topological polar surface area (TPSA) is 87.7 Å². The number of aliphatic carboxylic acids is 1. The van der Waals surface area contributed by atoms with E-state index in [-0.39, 0.29) is 24.6 Å². The fourth-order valence-corrected chi connectivity index (χ4v) is 3.28. The maximum atomic E-state index is 11.8. The molecule has 6 heteroatoms. The van der Waals surface area contributed by atoms with Gasteiger partial charge in [0.2, 0.25) is 0 Å². The summed E-state index contributed by atoms with van der Waals surface area (Å²) in [6.07, 6.45) is 6.26. The molecule has 0 aromatic carbocycles. The number of carboxylic acid groups (broad SMARTS) is 1. The van der Waals surface area contributed by atoms with Crippen molar-refractivity contribution >= 4 is 12.0 Å². The van der Waals surface area contributed by atoms with Gasteiger partial charge >= 0.3 is 12.0 Å². The highest BCUT2D eigenvalue weighted by molar-refractivity contribution is 5.74. The molecule has 2 aliphatic heterocycles. The quantitative estimate of drug-likeness (QED) is 0.638. The monoisotopic (exact) mass is 298 g/mol. The van der Waals surface area contributed by atoms with Gasteiger partial charge in [0.1, 0.15) is 0 Å². The third-order valence-electron chi connectivity index (χ3n) is 4.60.